The molecule has 0 bridgehead atoms. The predicted octanol–water partition coefficient (Wildman–Crippen LogP) is 1.48. The zero-order chi connectivity index (χ0) is 13.1. The fraction of sp³-hybridized carbons (Fsp3) is 1.00. The lowest BCUT2D eigenvalue weighted by molar-refractivity contribution is 0.141. The molecule has 0 heterocycles. The van der Waals surface area contributed by atoms with Crippen LogP contribution in [0.25, 0.3) is 0 Å². The van der Waals surface area contributed by atoms with Crippen molar-refractivity contribution in [1.29, 1.82) is 0 Å². The van der Waals surface area contributed by atoms with Crippen molar-refractivity contribution in [2.45, 2.75) is 38.8 Å². The summed E-state index contributed by atoms with van der Waals surface area (Å²) in [6, 6.07) is 1.02. The molecule has 104 valence electrons. The van der Waals surface area contributed by atoms with E-state index in [0.29, 0.717) is 0 Å². The first-order valence-electron chi connectivity index (χ1n) is 6.43. The largest absolute Gasteiger partial charge is 0.398 e. The molecule has 17 heavy (non-hydrogen) atoms. The van der Waals surface area contributed by atoms with Gasteiger partial charge in [0.2, 0.25) is 0 Å². The molecule has 0 aromatic rings. The fourth-order valence-corrected chi connectivity index (χ4v) is 3.40. The first-order chi connectivity index (χ1) is 8.11. The Morgan fingerprint density at radius 1 is 1.18 bits per heavy atom. The number of nitrogens with zero attached hydrogens (tertiary/aromatic N) is 1. The monoisotopic (exact) mass is 263 g/mol. The highest BCUT2D eigenvalue weighted by molar-refractivity contribution is 6.65. The molecule has 0 fully saturated rings. The maximum absolute atomic E-state index is 5.93. The van der Waals surface area contributed by atoms with Crippen molar-refractivity contribution in [2.75, 3.05) is 34.4 Å². The second-order valence-corrected chi connectivity index (χ2v) is 7.71. The van der Waals surface area contributed by atoms with Gasteiger partial charge in [-0.3, -0.25) is 0 Å². The van der Waals surface area contributed by atoms with Crippen molar-refractivity contribution in [3.63, 3.8) is 0 Å². The Kier molecular flexibility index (Phi) is 10.00. The summed E-state index contributed by atoms with van der Waals surface area (Å²) in [5.41, 5.74) is 6.13. The van der Waals surface area contributed by atoms with Gasteiger partial charge in [-0.25, -0.2) is 10.9 Å². The van der Waals surface area contributed by atoms with E-state index in [1.54, 1.807) is 7.11 Å². The Labute approximate surface area is 107 Å². The van der Waals surface area contributed by atoms with Crippen molar-refractivity contribution in [3.05, 3.63) is 0 Å². The van der Waals surface area contributed by atoms with Crippen LogP contribution in [0.5, 0.6) is 0 Å². The number of hydrazine groups is 2. The summed E-state index contributed by atoms with van der Waals surface area (Å²) in [6.45, 7) is 6.09. The highest BCUT2D eigenvalue weighted by Crippen LogP contribution is 2.15. The van der Waals surface area contributed by atoms with Gasteiger partial charge in [0.05, 0.1) is 0 Å². The van der Waals surface area contributed by atoms with Crippen LogP contribution in [-0.2, 0) is 8.85 Å². The predicted molar refractivity (Wildman–Crippen MR) is 73.7 cm³/mol. The van der Waals surface area contributed by atoms with Gasteiger partial charge in [-0.05, 0) is 25.4 Å². The normalized spacial score (nSPS) is 15.2. The van der Waals surface area contributed by atoms with Crippen molar-refractivity contribution in [1.82, 2.24) is 16.0 Å². The van der Waals surface area contributed by atoms with Crippen LogP contribution >= 0.6 is 0 Å². The van der Waals surface area contributed by atoms with Gasteiger partial charge in [-0.2, -0.15) is 5.12 Å². The quantitative estimate of drug-likeness (QED) is 0.336. The van der Waals surface area contributed by atoms with Gasteiger partial charge in [0.15, 0.2) is 0 Å². The number of unbranched alkanes of at least 4 members (excludes halogenated alkanes) is 1. The minimum atomic E-state index is -1.94. The van der Waals surface area contributed by atoms with Gasteiger partial charge in [0, 0.05) is 34.4 Å². The van der Waals surface area contributed by atoms with E-state index in [1.165, 1.54) is 6.42 Å². The number of nitrogens with one attached hydrogen (secondary N) is 2. The van der Waals surface area contributed by atoms with E-state index in [1.807, 2.05) is 19.2 Å². The summed E-state index contributed by atoms with van der Waals surface area (Å²) in [4.78, 5) is 0. The van der Waals surface area contributed by atoms with Gasteiger partial charge in [0.1, 0.15) is 0 Å². The molecular weight excluding hydrogens is 234 g/mol. The van der Waals surface area contributed by atoms with Crippen LogP contribution in [0.3, 0.4) is 0 Å². The van der Waals surface area contributed by atoms with Gasteiger partial charge in [-0.1, -0.05) is 13.3 Å². The Bertz CT molecular complexity index is 182. The maximum atomic E-state index is 5.93. The van der Waals surface area contributed by atoms with E-state index < -0.39 is 8.56 Å². The zero-order valence-electron chi connectivity index (χ0n) is 12.0. The summed E-state index contributed by atoms with van der Waals surface area (Å²) in [5, 5.41) is 1.95. The minimum absolute atomic E-state index is 0.828. The third-order valence-electron chi connectivity index (χ3n) is 2.89. The summed E-state index contributed by atoms with van der Waals surface area (Å²) >= 11 is 0. The fourth-order valence-electron chi connectivity index (χ4n) is 1.56. The SMILES string of the molecule is CCCCO[Si](C)(CCCN(NC)NC)OC. The standard InChI is InChI=1S/C11H29N3O2Si/c1-6-7-10-16-17(5,15-4)11-8-9-14(12-2)13-3/h12-13H,6-11H2,1-5H3. The second kappa shape index (κ2) is 9.99. The topological polar surface area (TPSA) is 45.8 Å². The summed E-state index contributed by atoms with van der Waals surface area (Å²) in [7, 11) is 3.64. The molecule has 0 amide bonds. The minimum Gasteiger partial charge on any atom is -0.398 e. The maximum Gasteiger partial charge on any atom is 0.334 e. The highest BCUT2D eigenvalue weighted by atomic mass is 28.4. The van der Waals surface area contributed by atoms with Crippen LogP contribution < -0.4 is 10.9 Å². The lowest BCUT2D eigenvalue weighted by atomic mass is 10.4. The van der Waals surface area contributed by atoms with E-state index in [9.17, 15) is 0 Å². The van der Waals surface area contributed by atoms with Gasteiger partial charge < -0.3 is 8.85 Å². The highest BCUT2D eigenvalue weighted by Gasteiger charge is 2.29. The van der Waals surface area contributed by atoms with Crippen molar-refractivity contribution in [2.24, 2.45) is 0 Å². The van der Waals surface area contributed by atoms with Gasteiger partial charge in [0.25, 0.3) is 0 Å². The molecule has 0 saturated heterocycles. The van der Waals surface area contributed by atoms with Crippen molar-refractivity contribution < 1.29 is 8.85 Å². The smallest absolute Gasteiger partial charge is 0.334 e. The average Bonchev–Trinajstić information content (AvgIpc) is 2.35. The van der Waals surface area contributed by atoms with Crippen LogP contribution in [0, 0.1) is 0 Å². The third-order valence-corrected chi connectivity index (χ3v) is 5.83. The van der Waals surface area contributed by atoms with Crippen LogP contribution in [0.1, 0.15) is 26.2 Å². The molecule has 6 heteroatoms. The van der Waals surface area contributed by atoms with E-state index in [2.05, 4.69) is 24.3 Å². The second-order valence-electron chi connectivity index (χ2n) is 4.24. The molecule has 0 aliphatic heterocycles. The van der Waals surface area contributed by atoms with Crippen molar-refractivity contribution in [3.8, 4) is 0 Å². The summed E-state index contributed by atoms with van der Waals surface area (Å²) in [5.74, 6) is 0. The Balaban J connectivity index is 3.85. The molecule has 0 aliphatic rings. The number of hydrogen-bond acceptors (Lipinski definition) is 5. The average molecular weight is 263 g/mol. The molecule has 0 spiro atoms. The zero-order valence-corrected chi connectivity index (χ0v) is 13.0. The first-order valence-corrected chi connectivity index (χ1v) is 8.95. The molecule has 1 atom stereocenters. The summed E-state index contributed by atoms with van der Waals surface area (Å²) < 4.78 is 11.5. The molecule has 0 rings (SSSR count). The summed E-state index contributed by atoms with van der Waals surface area (Å²) in [6.07, 6.45) is 3.34. The first kappa shape index (κ1) is 17.0. The number of hydrogen-bond donors (Lipinski definition) is 2. The van der Waals surface area contributed by atoms with Crippen molar-refractivity contribution >= 4 is 8.56 Å². The molecular formula is C11H29N3O2Si. The van der Waals surface area contributed by atoms with Gasteiger partial charge in [-0.15, -0.1) is 0 Å². The molecule has 0 aliphatic carbocycles. The lowest BCUT2D eigenvalue weighted by Crippen LogP contribution is -2.45. The lowest BCUT2D eigenvalue weighted by Gasteiger charge is -2.26. The van der Waals surface area contributed by atoms with Crippen LogP contribution in [0.2, 0.25) is 12.6 Å². The molecule has 5 nitrogen and oxygen atoms in total. The third kappa shape index (κ3) is 7.85. The van der Waals surface area contributed by atoms with E-state index >= 15 is 0 Å². The molecule has 0 saturated carbocycles. The van der Waals surface area contributed by atoms with Crippen LogP contribution in [0.4, 0.5) is 0 Å². The molecule has 1 unspecified atom stereocenters. The van der Waals surface area contributed by atoms with E-state index in [0.717, 1.165) is 32.0 Å². The van der Waals surface area contributed by atoms with Crippen LogP contribution in [0.15, 0.2) is 0 Å². The molecule has 2 N–H and O–H groups in total. The Morgan fingerprint density at radius 2 is 1.82 bits per heavy atom. The van der Waals surface area contributed by atoms with E-state index in [4.69, 9.17) is 8.85 Å². The Hall–Kier alpha value is 0.0169. The molecule has 0 aromatic heterocycles. The Morgan fingerprint density at radius 3 is 2.29 bits per heavy atom. The van der Waals surface area contributed by atoms with E-state index in [-0.39, 0.29) is 0 Å². The molecule has 0 radical (unpaired) electrons. The van der Waals surface area contributed by atoms with Crippen LogP contribution in [-0.4, -0.2) is 48.0 Å². The van der Waals surface area contributed by atoms with Gasteiger partial charge >= 0.3 is 8.56 Å². The number of rotatable bonds is 11. The molecule has 0 aromatic carbocycles.